The Morgan fingerprint density at radius 2 is 2.25 bits per heavy atom. The van der Waals surface area contributed by atoms with Gasteiger partial charge in [-0.3, -0.25) is 10.1 Å². The SMILES string of the molecule is C=CCSc1ccccc1C(=O)Nc1nnc(SC)s1. The molecule has 0 atom stereocenters. The molecule has 20 heavy (non-hydrogen) atoms. The molecule has 0 radical (unpaired) electrons. The van der Waals surface area contributed by atoms with Crippen LogP contribution in [-0.4, -0.2) is 28.1 Å². The second-order valence-corrected chi connectivity index (χ2v) is 6.72. The van der Waals surface area contributed by atoms with Gasteiger partial charge in [0.05, 0.1) is 5.56 Å². The third-order valence-electron chi connectivity index (χ3n) is 2.29. The Balaban J connectivity index is 2.14. The van der Waals surface area contributed by atoms with Crippen molar-refractivity contribution in [3.8, 4) is 0 Å². The molecule has 1 N–H and O–H groups in total. The number of benzene rings is 1. The lowest BCUT2D eigenvalue weighted by Gasteiger charge is -2.07. The van der Waals surface area contributed by atoms with E-state index in [0.29, 0.717) is 10.7 Å². The second kappa shape index (κ2) is 7.47. The first-order valence-electron chi connectivity index (χ1n) is 5.76. The zero-order valence-electron chi connectivity index (χ0n) is 10.8. The lowest BCUT2D eigenvalue weighted by molar-refractivity contribution is 0.102. The molecule has 0 unspecified atom stereocenters. The van der Waals surface area contributed by atoms with E-state index in [9.17, 15) is 4.79 Å². The molecule has 1 aromatic carbocycles. The summed E-state index contributed by atoms with van der Waals surface area (Å²) in [6.45, 7) is 3.69. The Morgan fingerprint density at radius 3 is 2.95 bits per heavy atom. The number of amides is 1. The van der Waals surface area contributed by atoms with Crippen LogP contribution in [0.1, 0.15) is 10.4 Å². The number of anilines is 1. The molecular weight excluding hydrogens is 310 g/mol. The quantitative estimate of drug-likeness (QED) is 0.498. The Morgan fingerprint density at radius 1 is 1.45 bits per heavy atom. The summed E-state index contributed by atoms with van der Waals surface area (Å²) in [6.07, 6.45) is 3.74. The van der Waals surface area contributed by atoms with E-state index >= 15 is 0 Å². The number of carbonyl (C=O) groups is 1. The van der Waals surface area contributed by atoms with Crippen LogP contribution in [-0.2, 0) is 0 Å². The summed E-state index contributed by atoms with van der Waals surface area (Å²) in [5.74, 6) is 0.598. The van der Waals surface area contributed by atoms with E-state index in [-0.39, 0.29) is 5.91 Å². The molecule has 1 amide bonds. The highest BCUT2D eigenvalue weighted by atomic mass is 32.2. The lowest BCUT2D eigenvalue weighted by Crippen LogP contribution is -2.12. The van der Waals surface area contributed by atoms with Gasteiger partial charge in [-0.1, -0.05) is 41.3 Å². The number of nitrogens with one attached hydrogen (secondary N) is 1. The fourth-order valence-electron chi connectivity index (χ4n) is 1.44. The fraction of sp³-hybridized carbons (Fsp3) is 0.154. The maximum absolute atomic E-state index is 12.3. The highest BCUT2D eigenvalue weighted by molar-refractivity contribution is 8.00. The summed E-state index contributed by atoms with van der Waals surface area (Å²) in [6, 6.07) is 7.49. The second-order valence-electron chi connectivity index (χ2n) is 3.63. The van der Waals surface area contributed by atoms with Gasteiger partial charge in [-0.15, -0.1) is 28.5 Å². The number of hydrogen-bond acceptors (Lipinski definition) is 6. The van der Waals surface area contributed by atoms with E-state index in [1.54, 1.807) is 17.8 Å². The van der Waals surface area contributed by atoms with Crippen molar-refractivity contribution in [3.05, 3.63) is 42.5 Å². The van der Waals surface area contributed by atoms with Gasteiger partial charge in [0.15, 0.2) is 4.34 Å². The zero-order valence-corrected chi connectivity index (χ0v) is 13.3. The van der Waals surface area contributed by atoms with Gasteiger partial charge in [0, 0.05) is 10.6 Å². The minimum absolute atomic E-state index is 0.166. The van der Waals surface area contributed by atoms with Crippen molar-refractivity contribution < 1.29 is 4.79 Å². The van der Waals surface area contributed by atoms with Crippen LogP contribution in [0.2, 0.25) is 0 Å². The van der Waals surface area contributed by atoms with Crippen LogP contribution >= 0.6 is 34.9 Å². The molecule has 1 heterocycles. The van der Waals surface area contributed by atoms with Gasteiger partial charge in [-0.05, 0) is 18.4 Å². The third-order valence-corrected chi connectivity index (χ3v) is 5.17. The van der Waals surface area contributed by atoms with Crippen LogP contribution in [0.15, 0.2) is 46.2 Å². The normalized spacial score (nSPS) is 10.2. The van der Waals surface area contributed by atoms with Gasteiger partial charge in [-0.2, -0.15) is 0 Å². The molecule has 0 aliphatic rings. The molecule has 0 saturated heterocycles. The maximum atomic E-state index is 12.3. The zero-order chi connectivity index (χ0) is 14.4. The van der Waals surface area contributed by atoms with Crippen molar-refractivity contribution in [2.24, 2.45) is 0 Å². The number of thioether (sulfide) groups is 2. The van der Waals surface area contributed by atoms with E-state index in [1.807, 2.05) is 30.5 Å². The van der Waals surface area contributed by atoms with Crippen molar-refractivity contribution in [2.45, 2.75) is 9.24 Å². The maximum Gasteiger partial charge on any atom is 0.258 e. The van der Waals surface area contributed by atoms with Gasteiger partial charge in [0.1, 0.15) is 0 Å². The lowest BCUT2D eigenvalue weighted by atomic mass is 10.2. The Labute approximate surface area is 130 Å². The molecule has 2 aromatic rings. The number of nitrogens with zero attached hydrogens (tertiary/aromatic N) is 2. The summed E-state index contributed by atoms with van der Waals surface area (Å²) < 4.78 is 0.828. The highest BCUT2D eigenvalue weighted by Crippen LogP contribution is 2.26. The van der Waals surface area contributed by atoms with E-state index < -0.39 is 0 Å². The van der Waals surface area contributed by atoms with Crippen molar-refractivity contribution in [3.63, 3.8) is 0 Å². The van der Waals surface area contributed by atoms with Crippen LogP contribution in [0.25, 0.3) is 0 Å². The van der Waals surface area contributed by atoms with E-state index in [2.05, 4.69) is 22.1 Å². The summed E-state index contributed by atoms with van der Waals surface area (Å²) in [4.78, 5) is 13.2. The van der Waals surface area contributed by atoms with Crippen LogP contribution in [0.3, 0.4) is 0 Å². The smallest absolute Gasteiger partial charge is 0.258 e. The minimum Gasteiger partial charge on any atom is -0.296 e. The van der Waals surface area contributed by atoms with Gasteiger partial charge >= 0.3 is 0 Å². The predicted molar refractivity (Wildman–Crippen MR) is 87.0 cm³/mol. The number of aromatic nitrogens is 2. The molecule has 0 spiro atoms. The van der Waals surface area contributed by atoms with Crippen molar-refractivity contribution in [1.29, 1.82) is 0 Å². The highest BCUT2D eigenvalue weighted by Gasteiger charge is 2.13. The molecular formula is C13H13N3OS3. The molecule has 1 aromatic heterocycles. The molecule has 2 rings (SSSR count). The van der Waals surface area contributed by atoms with Gasteiger partial charge in [0.2, 0.25) is 5.13 Å². The first-order chi connectivity index (χ1) is 9.74. The first kappa shape index (κ1) is 15.1. The van der Waals surface area contributed by atoms with Crippen molar-refractivity contribution in [2.75, 3.05) is 17.3 Å². The van der Waals surface area contributed by atoms with E-state index in [4.69, 9.17) is 0 Å². The van der Waals surface area contributed by atoms with Crippen molar-refractivity contribution in [1.82, 2.24) is 10.2 Å². The Hall–Kier alpha value is -1.31. The monoisotopic (exact) mass is 323 g/mol. The average molecular weight is 323 g/mol. The topological polar surface area (TPSA) is 54.9 Å². The number of rotatable bonds is 6. The predicted octanol–water partition coefficient (Wildman–Crippen LogP) is 3.79. The van der Waals surface area contributed by atoms with Crippen LogP contribution in [0, 0.1) is 0 Å². The Bertz CT molecular complexity index is 612. The molecule has 7 heteroatoms. The summed E-state index contributed by atoms with van der Waals surface area (Å²) in [5, 5.41) is 11.2. The van der Waals surface area contributed by atoms with E-state index in [0.717, 1.165) is 15.0 Å². The molecule has 0 saturated carbocycles. The molecule has 4 nitrogen and oxygen atoms in total. The Kier molecular flexibility index (Phi) is 5.63. The minimum atomic E-state index is -0.166. The van der Waals surface area contributed by atoms with Crippen molar-refractivity contribution >= 4 is 45.9 Å². The first-order valence-corrected chi connectivity index (χ1v) is 8.79. The molecule has 0 fully saturated rings. The van der Waals surface area contributed by atoms with E-state index in [1.165, 1.54) is 23.1 Å². The molecule has 0 aliphatic carbocycles. The van der Waals surface area contributed by atoms with Crippen LogP contribution < -0.4 is 5.32 Å². The molecule has 0 aliphatic heterocycles. The van der Waals surface area contributed by atoms with Crippen LogP contribution in [0.4, 0.5) is 5.13 Å². The number of carbonyl (C=O) groups excluding carboxylic acids is 1. The third kappa shape index (κ3) is 3.84. The van der Waals surface area contributed by atoms with Gasteiger partial charge in [-0.25, -0.2) is 0 Å². The largest absolute Gasteiger partial charge is 0.296 e. The van der Waals surface area contributed by atoms with Crippen LogP contribution in [0.5, 0.6) is 0 Å². The molecule has 104 valence electrons. The summed E-state index contributed by atoms with van der Waals surface area (Å²) in [5.41, 5.74) is 0.639. The van der Waals surface area contributed by atoms with Gasteiger partial charge in [0.25, 0.3) is 5.91 Å². The molecule has 0 bridgehead atoms. The summed E-state index contributed by atoms with van der Waals surface area (Å²) in [7, 11) is 0. The van der Waals surface area contributed by atoms with Gasteiger partial charge < -0.3 is 0 Å². The fourth-order valence-corrected chi connectivity index (χ4v) is 3.39. The standard InChI is InChI=1S/C13H13N3OS3/c1-3-8-19-10-7-5-4-6-9(10)11(17)14-12-15-16-13(18-2)20-12/h3-7H,1,8H2,2H3,(H,14,15,17). The summed E-state index contributed by atoms with van der Waals surface area (Å²) >= 11 is 4.45. The number of hydrogen-bond donors (Lipinski definition) is 1. The average Bonchev–Trinajstić information content (AvgIpc) is 2.93.